The highest BCUT2D eigenvalue weighted by atomic mass is 32.2. The van der Waals surface area contributed by atoms with Crippen molar-refractivity contribution in [2.75, 3.05) is 12.9 Å². The molecule has 6 heteroatoms. The molecule has 2 aromatic rings. The third kappa shape index (κ3) is 8.66. The highest BCUT2D eigenvalue weighted by Crippen LogP contribution is 2.19. The molecule has 0 bridgehead atoms. The fourth-order valence-electron chi connectivity index (χ4n) is 3.09. The molecule has 2 aromatic carbocycles. The predicted octanol–water partition coefficient (Wildman–Crippen LogP) is 4.65. The zero-order chi connectivity index (χ0) is 22.9. The Bertz CT molecular complexity index is 849. The predicted molar refractivity (Wildman–Crippen MR) is 128 cm³/mol. The van der Waals surface area contributed by atoms with Crippen LogP contribution >= 0.6 is 11.8 Å². The van der Waals surface area contributed by atoms with Crippen LogP contribution in [-0.2, 0) is 21.9 Å². The Kier molecular flexibility index (Phi) is 9.44. The summed E-state index contributed by atoms with van der Waals surface area (Å²) in [6.45, 7) is 7.96. The molecule has 0 aliphatic carbocycles. The summed E-state index contributed by atoms with van der Waals surface area (Å²) in [7, 11) is 1.62. The van der Waals surface area contributed by atoms with Crippen LogP contribution in [0.3, 0.4) is 0 Å². The van der Waals surface area contributed by atoms with E-state index < -0.39 is 6.04 Å². The van der Waals surface area contributed by atoms with Crippen molar-refractivity contribution in [3.8, 4) is 5.75 Å². The summed E-state index contributed by atoms with van der Waals surface area (Å²) in [5.41, 5.74) is 1.81. The Labute approximate surface area is 190 Å². The van der Waals surface area contributed by atoms with Crippen LogP contribution in [-0.4, -0.2) is 41.2 Å². The molecule has 0 saturated heterocycles. The minimum Gasteiger partial charge on any atom is -0.497 e. The number of carbonyl (C=O) groups is 2. The van der Waals surface area contributed by atoms with E-state index in [4.69, 9.17) is 4.74 Å². The zero-order valence-corrected chi connectivity index (χ0v) is 20.0. The second-order valence-electron chi connectivity index (χ2n) is 8.58. The second-order valence-corrected chi connectivity index (χ2v) is 9.68. The minimum absolute atomic E-state index is 0.0278. The largest absolute Gasteiger partial charge is 0.497 e. The van der Waals surface area contributed by atoms with Crippen molar-refractivity contribution in [3.63, 3.8) is 0 Å². The number of rotatable bonds is 10. The molecule has 31 heavy (non-hydrogen) atoms. The molecule has 2 amide bonds. The fourth-order valence-corrected chi connectivity index (χ4v) is 3.98. The molecule has 0 aliphatic heterocycles. The van der Waals surface area contributed by atoms with Crippen molar-refractivity contribution >= 4 is 23.6 Å². The molecule has 0 saturated carbocycles. The van der Waals surface area contributed by atoms with Crippen molar-refractivity contribution in [2.24, 2.45) is 0 Å². The lowest BCUT2D eigenvalue weighted by molar-refractivity contribution is -0.140. The van der Waals surface area contributed by atoms with Gasteiger partial charge in [0.2, 0.25) is 11.8 Å². The van der Waals surface area contributed by atoms with Gasteiger partial charge < -0.3 is 15.0 Å². The average Bonchev–Trinajstić information content (AvgIpc) is 2.74. The topological polar surface area (TPSA) is 58.6 Å². The number of nitrogens with zero attached hydrogens (tertiary/aromatic N) is 1. The summed E-state index contributed by atoms with van der Waals surface area (Å²) < 4.78 is 5.31. The van der Waals surface area contributed by atoms with Crippen molar-refractivity contribution < 1.29 is 14.3 Å². The maximum absolute atomic E-state index is 13.1. The Hall–Kier alpha value is -2.47. The van der Waals surface area contributed by atoms with E-state index in [0.717, 1.165) is 17.1 Å². The first-order valence-electron chi connectivity index (χ1n) is 10.6. The van der Waals surface area contributed by atoms with Crippen molar-refractivity contribution in [1.82, 2.24) is 10.2 Å². The van der Waals surface area contributed by atoms with E-state index in [1.54, 1.807) is 30.7 Å². The van der Waals surface area contributed by atoms with Gasteiger partial charge in [-0.1, -0.05) is 42.5 Å². The zero-order valence-electron chi connectivity index (χ0n) is 19.2. The summed E-state index contributed by atoms with van der Waals surface area (Å²) in [6, 6.07) is 17.2. The highest BCUT2D eigenvalue weighted by molar-refractivity contribution is 7.98. The number of ether oxygens (including phenoxy) is 1. The maximum Gasteiger partial charge on any atom is 0.242 e. The average molecular weight is 443 g/mol. The van der Waals surface area contributed by atoms with E-state index in [9.17, 15) is 9.59 Å². The first-order valence-corrected chi connectivity index (χ1v) is 11.7. The summed E-state index contributed by atoms with van der Waals surface area (Å²) in [6.07, 6.45) is 0.384. The number of carbonyl (C=O) groups excluding carboxylic acids is 2. The number of hydrogen-bond donors (Lipinski definition) is 1. The highest BCUT2D eigenvalue weighted by Gasteiger charge is 2.28. The van der Waals surface area contributed by atoms with Gasteiger partial charge >= 0.3 is 0 Å². The van der Waals surface area contributed by atoms with Gasteiger partial charge in [-0.05, 0) is 51.0 Å². The molecule has 168 valence electrons. The number of benzene rings is 2. The number of amides is 2. The lowest BCUT2D eigenvalue weighted by Gasteiger charge is -2.31. The van der Waals surface area contributed by atoms with Gasteiger partial charge in [0.25, 0.3) is 0 Å². The molecule has 0 fully saturated rings. The molecule has 1 N–H and O–H groups in total. The number of methoxy groups -OCH3 is 1. The molecule has 0 aliphatic rings. The van der Waals surface area contributed by atoms with E-state index in [1.807, 2.05) is 63.2 Å². The van der Waals surface area contributed by atoms with Crippen LogP contribution in [0.15, 0.2) is 54.6 Å². The third-order valence-corrected chi connectivity index (χ3v) is 5.75. The Morgan fingerprint density at radius 1 is 1.06 bits per heavy atom. The summed E-state index contributed by atoms with van der Waals surface area (Å²) in [5.74, 6) is 2.12. The summed E-state index contributed by atoms with van der Waals surface area (Å²) >= 11 is 1.73. The van der Waals surface area contributed by atoms with Crippen molar-refractivity contribution in [3.05, 3.63) is 65.7 Å². The normalized spacial score (nSPS) is 12.2. The van der Waals surface area contributed by atoms with E-state index in [2.05, 4.69) is 17.4 Å². The number of thioether (sulfide) groups is 1. The first-order chi connectivity index (χ1) is 14.7. The van der Waals surface area contributed by atoms with Crippen LogP contribution in [0.4, 0.5) is 0 Å². The molecule has 2 rings (SSSR count). The van der Waals surface area contributed by atoms with Crippen molar-refractivity contribution in [1.29, 1.82) is 0 Å². The van der Waals surface area contributed by atoms with Gasteiger partial charge in [-0.25, -0.2) is 0 Å². The van der Waals surface area contributed by atoms with E-state index in [1.165, 1.54) is 5.56 Å². The Balaban J connectivity index is 2.05. The van der Waals surface area contributed by atoms with Gasteiger partial charge in [-0.3, -0.25) is 9.59 Å². The minimum atomic E-state index is -0.572. The van der Waals surface area contributed by atoms with Crippen molar-refractivity contribution in [2.45, 2.75) is 58.0 Å². The lowest BCUT2D eigenvalue weighted by atomic mass is 10.1. The molecule has 0 heterocycles. The molecule has 1 atom stereocenters. The van der Waals surface area contributed by atoms with E-state index in [0.29, 0.717) is 18.7 Å². The fraction of sp³-hybridized carbons (Fsp3) is 0.440. The summed E-state index contributed by atoms with van der Waals surface area (Å²) in [5, 5.41) is 2.99. The Morgan fingerprint density at radius 3 is 2.39 bits per heavy atom. The first kappa shape index (κ1) is 24.8. The van der Waals surface area contributed by atoms with Gasteiger partial charge in [0.05, 0.1) is 7.11 Å². The molecule has 1 unspecified atom stereocenters. The molecule has 0 spiro atoms. The molecular weight excluding hydrogens is 408 g/mol. The van der Waals surface area contributed by atoms with Gasteiger partial charge in [-0.15, -0.1) is 0 Å². The van der Waals surface area contributed by atoms with Crippen LogP contribution in [0.5, 0.6) is 5.75 Å². The monoisotopic (exact) mass is 442 g/mol. The number of hydrogen-bond acceptors (Lipinski definition) is 4. The van der Waals surface area contributed by atoms with Crippen LogP contribution in [0.1, 0.15) is 45.2 Å². The maximum atomic E-state index is 13.1. The van der Waals surface area contributed by atoms with Crippen LogP contribution in [0.2, 0.25) is 0 Å². The SMILES string of the molecule is COc1cccc(CN(C(=O)CCSCc2ccccc2)C(C)C(=O)NC(C)(C)C)c1. The van der Waals surface area contributed by atoms with Gasteiger partial charge in [0, 0.05) is 30.0 Å². The van der Waals surface area contributed by atoms with E-state index in [-0.39, 0.29) is 17.4 Å². The van der Waals surface area contributed by atoms with Crippen LogP contribution in [0, 0.1) is 0 Å². The van der Waals surface area contributed by atoms with E-state index >= 15 is 0 Å². The quantitative estimate of drug-likeness (QED) is 0.544. The molecular formula is C25H34N2O3S. The third-order valence-electron chi connectivity index (χ3n) is 4.72. The summed E-state index contributed by atoms with van der Waals surface area (Å²) in [4.78, 5) is 27.6. The smallest absolute Gasteiger partial charge is 0.242 e. The Morgan fingerprint density at radius 2 is 1.74 bits per heavy atom. The van der Waals surface area contributed by atoms with Gasteiger partial charge in [0.1, 0.15) is 11.8 Å². The molecule has 5 nitrogen and oxygen atoms in total. The standard InChI is InChI=1S/C25H34N2O3S/c1-19(24(29)26-25(2,3)4)27(17-21-12-9-13-22(16-21)30-5)23(28)14-15-31-18-20-10-7-6-8-11-20/h6-13,16,19H,14-15,17-18H2,1-5H3,(H,26,29). The van der Waals surface area contributed by atoms with Gasteiger partial charge in [0.15, 0.2) is 0 Å². The number of nitrogens with one attached hydrogen (secondary N) is 1. The van der Waals surface area contributed by atoms with Gasteiger partial charge in [-0.2, -0.15) is 11.8 Å². The second kappa shape index (κ2) is 11.8. The molecule has 0 radical (unpaired) electrons. The molecule has 0 aromatic heterocycles. The van der Waals surface area contributed by atoms with Crippen LogP contribution < -0.4 is 10.1 Å². The van der Waals surface area contributed by atoms with Crippen LogP contribution in [0.25, 0.3) is 0 Å². The lowest BCUT2D eigenvalue weighted by Crippen LogP contribution is -2.52.